The van der Waals surface area contributed by atoms with Crippen LogP contribution in [0, 0.1) is 0 Å². The molecule has 0 atom stereocenters. The highest BCUT2D eigenvalue weighted by Crippen LogP contribution is 2.20. The van der Waals surface area contributed by atoms with E-state index in [-0.39, 0.29) is 5.78 Å². The number of aryl methyl sites for hydroxylation is 1. The molecule has 1 aromatic heterocycles. The number of thiophene rings is 1. The number of thioether (sulfide) groups is 1. The lowest BCUT2D eigenvalue weighted by atomic mass is 10.2. The van der Waals surface area contributed by atoms with Crippen molar-refractivity contribution in [3.05, 3.63) is 57.8 Å². The molecule has 0 fully saturated rings. The fourth-order valence-electron chi connectivity index (χ4n) is 1.62. The van der Waals surface area contributed by atoms with Crippen LogP contribution in [-0.4, -0.2) is 11.5 Å². The van der Waals surface area contributed by atoms with Crippen LogP contribution in [0.4, 0.5) is 0 Å². The van der Waals surface area contributed by atoms with Gasteiger partial charge in [0, 0.05) is 10.6 Å². The first-order chi connectivity index (χ1) is 8.79. The summed E-state index contributed by atoms with van der Waals surface area (Å²) in [4.78, 5) is 14.1. The maximum Gasteiger partial charge on any atom is 0.182 e. The standard InChI is InChI=1S/C15H16OS2/c1-2-13-8-9-15(18-13)14(16)11-17-10-12-6-4-3-5-7-12/h3-9H,2,10-11H2,1H3. The monoisotopic (exact) mass is 276 g/mol. The fraction of sp³-hybridized carbons (Fsp3) is 0.267. The zero-order valence-corrected chi connectivity index (χ0v) is 12.0. The van der Waals surface area contributed by atoms with Crippen LogP contribution in [0.15, 0.2) is 42.5 Å². The molecule has 0 saturated heterocycles. The van der Waals surface area contributed by atoms with Crippen LogP contribution in [0.25, 0.3) is 0 Å². The largest absolute Gasteiger partial charge is 0.292 e. The van der Waals surface area contributed by atoms with Crippen molar-refractivity contribution in [2.45, 2.75) is 19.1 Å². The van der Waals surface area contributed by atoms with Gasteiger partial charge in [-0.3, -0.25) is 4.79 Å². The second kappa shape index (κ2) is 6.76. The van der Waals surface area contributed by atoms with Crippen LogP contribution in [0.3, 0.4) is 0 Å². The van der Waals surface area contributed by atoms with Crippen molar-refractivity contribution < 1.29 is 4.79 Å². The molecular weight excluding hydrogens is 260 g/mol. The van der Waals surface area contributed by atoms with Crippen molar-refractivity contribution in [3.63, 3.8) is 0 Å². The molecule has 1 heterocycles. The van der Waals surface area contributed by atoms with E-state index in [1.807, 2.05) is 24.3 Å². The highest BCUT2D eigenvalue weighted by atomic mass is 32.2. The number of Topliss-reactive ketones (excluding diaryl/α,β-unsaturated/α-hetero) is 1. The quantitative estimate of drug-likeness (QED) is 0.726. The molecule has 0 radical (unpaired) electrons. The summed E-state index contributed by atoms with van der Waals surface area (Å²) in [6.45, 7) is 2.12. The maximum absolute atomic E-state index is 12.0. The highest BCUT2D eigenvalue weighted by Gasteiger charge is 2.08. The summed E-state index contributed by atoms with van der Waals surface area (Å²) in [5, 5.41) is 0. The van der Waals surface area contributed by atoms with Crippen molar-refractivity contribution in [3.8, 4) is 0 Å². The molecule has 3 heteroatoms. The van der Waals surface area contributed by atoms with Crippen LogP contribution in [0.5, 0.6) is 0 Å². The predicted molar refractivity (Wildman–Crippen MR) is 80.6 cm³/mol. The van der Waals surface area contributed by atoms with E-state index in [0.717, 1.165) is 17.1 Å². The molecule has 0 spiro atoms. The predicted octanol–water partition coefficient (Wildman–Crippen LogP) is 4.43. The first-order valence-electron chi connectivity index (χ1n) is 6.03. The van der Waals surface area contributed by atoms with Crippen molar-refractivity contribution in [1.82, 2.24) is 0 Å². The molecular formula is C15H16OS2. The second-order valence-electron chi connectivity index (χ2n) is 4.02. The number of hydrogen-bond donors (Lipinski definition) is 0. The van der Waals surface area contributed by atoms with E-state index in [1.165, 1.54) is 10.4 Å². The van der Waals surface area contributed by atoms with Gasteiger partial charge in [0.15, 0.2) is 5.78 Å². The Hall–Kier alpha value is -1.06. The minimum absolute atomic E-state index is 0.251. The maximum atomic E-state index is 12.0. The van der Waals surface area contributed by atoms with Gasteiger partial charge in [0.25, 0.3) is 0 Å². The molecule has 94 valence electrons. The molecule has 1 nitrogen and oxygen atoms in total. The molecule has 0 saturated carbocycles. The molecule has 0 aliphatic heterocycles. The van der Waals surface area contributed by atoms with Gasteiger partial charge in [-0.25, -0.2) is 0 Å². The van der Waals surface area contributed by atoms with Crippen molar-refractivity contribution in [1.29, 1.82) is 0 Å². The minimum atomic E-state index is 0.251. The fourth-order valence-corrected chi connectivity index (χ4v) is 3.47. The Kier molecular flexibility index (Phi) is 5.02. The van der Waals surface area contributed by atoms with Gasteiger partial charge in [-0.05, 0) is 24.1 Å². The Bertz CT molecular complexity index is 502. The van der Waals surface area contributed by atoms with Crippen LogP contribution in [0.2, 0.25) is 0 Å². The third kappa shape index (κ3) is 3.72. The number of carbonyl (C=O) groups excluding carboxylic acids is 1. The molecule has 0 amide bonds. The van der Waals surface area contributed by atoms with Gasteiger partial charge in [0.2, 0.25) is 0 Å². The Morgan fingerprint density at radius 1 is 1.17 bits per heavy atom. The molecule has 0 unspecified atom stereocenters. The van der Waals surface area contributed by atoms with E-state index < -0.39 is 0 Å². The Balaban J connectivity index is 1.81. The van der Waals surface area contributed by atoms with Gasteiger partial charge in [0.05, 0.1) is 10.6 Å². The third-order valence-electron chi connectivity index (χ3n) is 2.63. The van der Waals surface area contributed by atoms with Crippen LogP contribution in [-0.2, 0) is 12.2 Å². The summed E-state index contributed by atoms with van der Waals surface area (Å²) in [6.07, 6.45) is 1.01. The lowest BCUT2D eigenvalue weighted by molar-refractivity contribution is 0.102. The Morgan fingerprint density at radius 2 is 1.94 bits per heavy atom. The summed E-state index contributed by atoms with van der Waals surface area (Å²) < 4.78 is 0. The molecule has 2 aromatic rings. The molecule has 0 N–H and O–H groups in total. The molecule has 2 rings (SSSR count). The normalized spacial score (nSPS) is 10.5. The summed E-state index contributed by atoms with van der Waals surface area (Å²) in [5.41, 5.74) is 1.27. The average molecular weight is 276 g/mol. The lowest BCUT2D eigenvalue weighted by Crippen LogP contribution is -1.99. The highest BCUT2D eigenvalue weighted by molar-refractivity contribution is 7.99. The number of carbonyl (C=O) groups is 1. The van der Waals surface area contributed by atoms with Crippen LogP contribution in [0.1, 0.15) is 27.0 Å². The summed E-state index contributed by atoms with van der Waals surface area (Å²) in [7, 11) is 0. The van der Waals surface area contributed by atoms with E-state index in [0.29, 0.717) is 5.75 Å². The first-order valence-corrected chi connectivity index (χ1v) is 8.00. The molecule has 0 aliphatic rings. The van der Waals surface area contributed by atoms with Gasteiger partial charge in [-0.2, -0.15) is 0 Å². The van der Waals surface area contributed by atoms with Gasteiger partial charge < -0.3 is 0 Å². The van der Waals surface area contributed by atoms with Crippen molar-refractivity contribution in [2.24, 2.45) is 0 Å². The van der Waals surface area contributed by atoms with Gasteiger partial charge in [-0.15, -0.1) is 23.1 Å². The molecule has 18 heavy (non-hydrogen) atoms. The first kappa shape index (κ1) is 13.4. The topological polar surface area (TPSA) is 17.1 Å². The Labute approximate surface area is 116 Å². The van der Waals surface area contributed by atoms with Gasteiger partial charge in [-0.1, -0.05) is 37.3 Å². The Morgan fingerprint density at radius 3 is 2.61 bits per heavy atom. The number of benzene rings is 1. The molecule has 0 bridgehead atoms. The smallest absolute Gasteiger partial charge is 0.182 e. The van der Waals surface area contributed by atoms with E-state index in [4.69, 9.17) is 0 Å². The van der Waals surface area contributed by atoms with E-state index in [9.17, 15) is 4.79 Å². The average Bonchev–Trinajstić information content (AvgIpc) is 2.89. The van der Waals surface area contributed by atoms with Gasteiger partial charge >= 0.3 is 0 Å². The molecule has 0 aliphatic carbocycles. The number of ketones is 1. The number of rotatable bonds is 6. The minimum Gasteiger partial charge on any atom is -0.292 e. The van der Waals surface area contributed by atoms with E-state index in [1.54, 1.807) is 23.1 Å². The zero-order valence-electron chi connectivity index (χ0n) is 10.4. The lowest BCUT2D eigenvalue weighted by Gasteiger charge is -2.00. The summed E-state index contributed by atoms with van der Waals surface area (Å²) >= 11 is 3.31. The SMILES string of the molecule is CCc1ccc(C(=O)CSCc2ccccc2)s1. The second-order valence-corrected chi connectivity index (χ2v) is 6.18. The third-order valence-corrected chi connectivity index (χ3v) is 4.90. The zero-order chi connectivity index (χ0) is 12.8. The van der Waals surface area contributed by atoms with E-state index >= 15 is 0 Å². The van der Waals surface area contributed by atoms with Crippen LogP contribution >= 0.6 is 23.1 Å². The van der Waals surface area contributed by atoms with E-state index in [2.05, 4.69) is 25.1 Å². The van der Waals surface area contributed by atoms with Crippen molar-refractivity contribution >= 4 is 28.9 Å². The summed E-state index contributed by atoms with van der Waals surface area (Å²) in [5.74, 6) is 1.72. The van der Waals surface area contributed by atoms with Crippen LogP contribution < -0.4 is 0 Å². The molecule has 1 aromatic carbocycles. The van der Waals surface area contributed by atoms with Gasteiger partial charge in [0.1, 0.15) is 0 Å². The van der Waals surface area contributed by atoms with Crippen molar-refractivity contribution in [2.75, 3.05) is 5.75 Å². The number of hydrogen-bond acceptors (Lipinski definition) is 3. The summed E-state index contributed by atoms with van der Waals surface area (Å²) in [6, 6.07) is 14.3.